The molecule has 12 heteroatoms. The third-order valence-corrected chi connectivity index (χ3v) is 6.29. The van der Waals surface area contributed by atoms with Crippen molar-refractivity contribution in [3.8, 4) is 5.69 Å². The highest BCUT2D eigenvalue weighted by molar-refractivity contribution is 6.00. The van der Waals surface area contributed by atoms with Crippen molar-refractivity contribution in [3.05, 3.63) is 60.2 Å². The van der Waals surface area contributed by atoms with E-state index in [1.165, 1.54) is 17.0 Å². The molecule has 3 heterocycles. The van der Waals surface area contributed by atoms with Gasteiger partial charge in [-0.05, 0) is 40.8 Å². The molecule has 1 unspecified atom stereocenters. The average Bonchev–Trinajstić information content (AvgIpc) is 3.51. The number of carbonyl (C=O) groups is 2. The molecule has 1 aromatic heterocycles. The van der Waals surface area contributed by atoms with Crippen LogP contribution in [0.3, 0.4) is 0 Å². The summed E-state index contributed by atoms with van der Waals surface area (Å²) in [7, 11) is 0. The number of para-hydroxylation sites is 1. The maximum Gasteiger partial charge on any atom is 0.416 e. The molecule has 9 nitrogen and oxygen atoms in total. The smallest absolute Gasteiger partial charge is 0.339 e. The van der Waals surface area contributed by atoms with Crippen molar-refractivity contribution < 1.29 is 22.8 Å². The minimum absolute atomic E-state index is 0.0262. The fraction of sp³-hybridized carbons (Fsp3) is 0.348. The van der Waals surface area contributed by atoms with E-state index in [0.29, 0.717) is 32.1 Å². The van der Waals surface area contributed by atoms with Gasteiger partial charge in [-0.2, -0.15) is 17.9 Å². The number of rotatable bonds is 4. The number of aromatic nitrogens is 4. The maximum atomic E-state index is 13.1. The molecule has 0 saturated carbocycles. The van der Waals surface area contributed by atoms with E-state index >= 15 is 0 Å². The zero-order valence-electron chi connectivity index (χ0n) is 18.6. The lowest BCUT2D eigenvalue weighted by Gasteiger charge is -2.35. The van der Waals surface area contributed by atoms with Crippen LogP contribution in [-0.2, 0) is 15.8 Å². The second-order valence-corrected chi connectivity index (χ2v) is 8.49. The van der Waals surface area contributed by atoms with E-state index < -0.39 is 17.7 Å². The van der Waals surface area contributed by atoms with Gasteiger partial charge >= 0.3 is 6.18 Å². The monoisotopic (exact) mass is 485 g/mol. The first-order chi connectivity index (χ1) is 16.8. The molecule has 2 fully saturated rings. The predicted molar refractivity (Wildman–Crippen MR) is 120 cm³/mol. The number of halogens is 3. The molecule has 0 bridgehead atoms. The van der Waals surface area contributed by atoms with E-state index in [4.69, 9.17) is 0 Å². The van der Waals surface area contributed by atoms with Crippen LogP contribution in [0, 0.1) is 5.92 Å². The summed E-state index contributed by atoms with van der Waals surface area (Å²) in [5.41, 5.74) is 0.148. The number of amides is 2. The SMILES string of the molecule is O=C(C1CC(=O)N(c2cccc(C(F)(F)F)c2)C1)N1CCN(c2nnnn2-c2ccccc2)CC1. The largest absolute Gasteiger partial charge is 0.416 e. The van der Waals surface area contributed by atoms with Crippen LogP contribution in [0.15, 0.2) is 54.6 Å². The minimum atomic E-state index is -4.51. The fourth-order valence-electron chi connectivity index (χ4n) is 4.47. The van der Waals surface area contributed by atoms with Gasteiger partial charge in [0.1, 0.15) is 0 Å². The number of piperazine rings is 1. The Morgan fingerprint density at radius 3 is 2.37 bits per heavy atom. The highest BCUT2D eigenvalue weighted by atomic mass is 19.4. The third kappa shape index (κ3) is 4.55. The van der Waals surface area contributed by atoms with E-state index in [2.05, 4.69) is 15.5 Å². The lowest BCUT2D eigenvalue weighted by Crippen LogP contribution is -2.51. The fourth-order valence-corrected chi connectivity index (χ4v) is 4.47. The van der Waals surface area contributed by atoms with Crippen LogP contribution < -0.4 is 9.80 Å². The molecule has 0 spiro atoms. The lowest BCUT2D eigenvalue weighted by atomic mass is 10.1. The predicted octanol–water partition coefficient (Wildman–Crippen LogP) is 2.38. The summed E-state index contributed by atoms with van der Waals surface area (Å²) in [6.07, 6.45) is -4.53. The second-order valence-electron chi connectivity index (χ2n) is 8.49. The zero-order valence-corrected chi connectivity index (χ0v) is 18.6. The van der Waals surface area contributed by atoms with Gasteiger partial charge in [0.05, 0.1) is 17.2 Å². The number of carbonyl (C=O) groups excluding carboxylic acids is 2. The molecule has 2 aliphatic rings. The second kappa shape index (κ2) is 9.01. The number of nitrogens with zero attached hydrogens (tertiary/aromatic N) is 7. The Kier molecular flexibility index (Phi) is 5.87. The average molecular weight is 485 g/mol. The van der Waals surface area contributed by atoms with Crippen molar-refractivity contribution in [2.75, 3.05) is 42.5 Å². The number of hydrogen-bond acceptors (Lipinski definition) is 6. The van der Waals surface area contributed by atoms with Crippen molar-refractivity contribution in [2.45, 2.75) is 12.6 Å². The van der Waals surface area contributed by atoms with Crippen molar-refractivity contribution in [1.29, 1.82) is 0 Å². The van der Waals surface area contributed by atoms with Crippen LogP contribution in [-0.4, -0.2) is 69.6 Å². The van der Waals surface area contributed by atoms with Gasteiger partial charge in [0.15, 0.2) is 0 Å². The standard InChI is InChI=1S/C23H22F3N7O2/c24-23(25,26)17-5-4-8-19(14-17)32-15-16(13-20(32)34)21(35)30-9-11-31(12-10-30)22-27-28-29-33(22)18-6-2-1-3-7-18/h1-8,14,16H,9-13,15H2. The summed E-state index contributed by atoms with van der Waals surface area (Å²) < 4.78 is 40.9. The molecule has 3 aromatic rings. The molecule has 0 radical (unpaired) electrons. The van der Waals surface area contributed by atoms with Crippen LogP contribution in [0.25, 0.3) is 5.69 Å². The highest BCUT2D eigenvalue weighted by Crippen LogP contribution is 2.34. The Labute approximate surface area is 198 Å². The molecular weight excluding hydrogens is 463 g/mol. The zero-order chi connectivity index (χ0) is 24.6. The van der Waals surface area contributed by atoms with E-state index in [1.807, 2.05) is 35.2 Å². The molecule has 0 N–H and O–H groups in total. The van der Waals surface area contributed by atoms with Gasteiger partial charge < -0.3 is 14.7 Å². The number of hydrogen-bond donors (Lipinski definition) is 0. The van der Waals surface area contributed by atoms with Crippen LogP contribution in [0.2, 0.25) is 0 Å². The molecule has 182 valence electrons. The Morgan fingerprint density at radius 2 is 1.66 bits per heavy atom. The first kappa shape index (κ1) is 22.8. The van der Waals surface area contributed by atoms with E-state index in [1.54, 1.807) is 9.58 Å². The van der Waals surface area contributed by atoms with Crippen LogP contribution >= 0.6 is 0 Å². The summed E-state index contributed by atoms with van der Waals surface area (Å²) in [6, 6.07) is 14.1. The normalized spacial score (nSPS) is 18.9. The van der Waals surface area contributed by atoms with E-state index in [0.717, 1.165) is 17.8 Å². The molecule has 0 aliphatic carbocycles. The molecule has 5 rings (SSSR count). The minimum Gasteiger partial charge on any atom is -0.339 e. The van der Waals surface area contributed by atoms with Crippen LogP contribution in [0.4, 0.5) is 24.8 Å². The van der Waals surface area contributed by atoms with Crippen molar-refractivity contribution >= 4 is 23.5 Å². The molecule has 35 heavy (non-hydrogen) atoms. The summed E-state index contributed by atoms with van der Waals surface area (Å²) in [4.78, 5) is 30.6. The van der Waals surface area contributed by atoms with Gasteiger partial charge in [-0.25, -0.2) is 0 Å². The molecule has 2 aromatic carbocycles. The first-order valence-corrected chi connectivity index (χ1v) is 11.2. The van der Waals surface area contributed by atoms with E-state index in [9.17, 15) is 22.8 Å². The van der Waals surface area contributed by atoms with E-state index in [-0.39, 0.29) is 30.5 Å². The Bertz CT molecular complexity index is 1220. The molecule has 2 saturated heterocycles. The van der Waals surface area contributed by atoms with Crippen molar-refractivity contribution in [3.63, 3.8) is 0 Å². The summed E-state index contributed by atoms with van der Waals surface area (Å²) in [5.74, 6) is -0.549. The van der Waals surface area contributed by atoms with Crippen molar-refractivity contribution in [2.24, 2.45) is 5.92 Å². The molecule has 2 aliphatic heterocycles. The summed E-state index contributed by atoms with van der Waals surface area (Å²) >= 11 is 0. The molecule has 2 amide bonds. The van der Waals surface area contributed by atoms with Crippen LogP contribution in [0.5, 0.6) is 0 Å². The Hall–Kier alpha value is -3.96. The summed E-state index contributed by atoms with van der Waals surface area (Å²) in [5, 5.41) is 12.0. The third-order valence-electron chi connectivity index (χ3n) is 6.29. The number of anilines is 2. The number of benzene rings is 2. The number of tetrazole rings is 1. The van der Waals surface area contributed by atoms with Gasteiger partial charge in [-0.3, -0.25) is 9.59 Å². The van der Waals surface area contributed by atoms with Gasteiger partial charge in [0.25, 0.3) is 0 Å². The van der Waals surface area contributed by atoms with Gasteiger partial charge in [0, 0.05) is 44.8 Å². The molecule has 1 atom stereocenters. The van der Waals surface area contributed by atoms with Gasteiger partial charge in [-0.1, -0.05) is 29.4 Å². The van der Waals surface area contributed by atoms with Gasteiger partial charge in [-0.15, -0.1) is 0 Å². The molecular formula is C23H22F3N7O2. The van der Waals surface area contributed by atoms with Crippen LogP contribution in [0.1, 0.15) is 12.0 Å². The quantitative estimate of drug-likeness (QED) is 0.564. The number of alkyl halides is 3. The lowest BCUT2D eigenvalue weighted by molar-refractivity contribution is -0.137. The topological polar surface area (TPSA) is 87.5 Å². The summed E-state index contributed by atoms with van der Waals surface area (Å²) in [6.45, 7) is 1.93. The van der Waals surface area contributed by atoms with Gasteiger partial charge in [0.2, 0.25) is 17.8 Å². The Balaban J connectivity index is 1.23. The van der Waals surface area contributed by atoms with Crippen molar-refractivity contribution in [1.82, 2.24) is 25.1 Å². The first-order valence-electron chi connectivity index (χ1n) is 11.2. The highest BCUT2D eigenvalue weighted by Gasteiger charge is 2.39. The Morgan fingerprint density at radius 1 is 0.943 bits per heavy atom. The maximum absolute atomic E-state index is 13.1.